The smallest absolute Gasteiger partial charge is 0.245 e. The Morgan fingerprint density at radius 3 is 2.55 bits per heavy atom. The van der Waals surface area contributed by atoms with Crippen molar-refractivity contribution in [3.05, 3.63) is 35.6 Å². The quantitative estimate of drug-likeness (QED) is 0.623. The van der Waals surface area contributed by atoms with Gasteiger partial charge in [-0.1, -0.05) is 25.0 Å². The molecule has 1 saturated carbocycles. The fraction of sp³-hybridized carbons (Fsp3) is 0.636. The molecule has 29 heavy (non-hydrogen) atoms. The van der Waals surface area contributed by atoms with E-state index in [1.807, 2.05) is 19.2 Å². The van der Waals surface area contributed by atoms with Crippen molar-refractivity contribution < 1.29 is 14.0 Å². The molecule has 3 atom stereocenters. The Balaban J connectivity index is 1.43. The molecule has 0 bridgehead atoms. The van der Waals surface area contributed by atoms with E-state index in [2.05, 4.69) is 16.2 Å². The highest BCUT2D eigenvalue weighted by atomic mass is 19.1. The third kappa shape index (κ3) is 6.00. The van der Waals surface area contributed by atoms with E-state index in [1.165, 1.54) is 19.1 Å². The average molecular weight is 405 g/mol. The fourth-order valence-electron chi connectivity index (χ4n) is 4.54. The maximum absolute atomic E-state index is 13.1. The molecule has 0 radical (unpaired) electrons. The second kappa shape index (κ2) is 10.2. The van der Waals surface area contributed by atoms with E-state index in [-0.39, 0.29) is 29.6 Å². The minimum atomic E-state index is -0.394. The molecular formula is C22H33FN4O2. The molecule has 1 aliphatic carbocycles. The van der Waals surface area contributed by atoms with Gasteiger partial charge in [0.05, 0.1) is 0 Å². The van der Waals surface area contributed by atoms with Crippen LogP contribution in [0.3, 0.4) is 0 Å². The Bertz CT molecular complexity index is 691. The lowest BCUT2D eigenvalue weighted by Gasteiger charge is -2.28. The van der Waals surface area contributed by atoms with Gasteiger partial charge in [-0.2, -0.15) is 0 Å². The number of halogens is 1. The normalized spacial score (nSPS) is 23.1. The predicted molar refractivity (Wildman–Crippen MR) is 110 cm³/mol. The predicted octanol–water partition coefficient (Wildman–Crippen LogP) is 2.67. The number of carbonyl (C=O) groups is 2. The third-order valence-electron chi connectivity index (χ3n) is 6.17. The van der Waals surface area contributed by atoms with Gasteiger partial charge in [-0.05, 0) is 55.7 Å². The van der Waals surface area contributed by atoms with E-state index >= 15 is 0 Å². The van der Waals surface area contributed by atoms with E-state index in [4.69, 9.17) is 0 Å². The van der Waals surface area contributed by atoms with E-state index in [0.717, 1.165) is 50.5 Å². The Morgan fingerprint density at radius 1 is 1.21 bits per heavy atom. The minimum Gasteiger partial charge on any atom is -0.344 e. The van der Waals surface area contributed by atoms with Crippen LogP contribution in [0.25, 0.3) is 0 Å². The van der Waals surface area contributed by atoms with Crippen molar-refractivity contribution >= 4 is 11.8 Å². The molecule has 3 N–H and O–H groups in total. The largest absolute Gasteiger partial charge is 0.344 e. The van der Waals surface area contributed by atoms with Gasteiger partial charge in [0, 0.05) is 32.6 Å². The monoisotopic (exact) mass is 404 g/mol. The van der Waals surface area contributed by atoms with E-state index in [1.54, 1.807) is 4.90 Å². The van der Waals surface area contributed by atoms with Crippen LogP contribution in [0.5, 0.6) is 0 Å². The standard InChI is InChI=1S/C22H33FN4O2/c1-15(28)24-21(17-6-3-4-7-17)22(29)27(2)13-5-8-19-14-20(26-25-19)16-9-11-18(23)12-10-16/h9-12,17,19-21,25-26H,3-8,13-14H2,1-2H3,(H,24,28). The lowest BCUT2D eigenvalue weighted by Crippen LogP contribution is -2.50. The molecule has 1 aromatic carbocycles. The van der Waals surface area contributed by atoms with Crippen LogP contribution in [0.1, 0.15) is 63.5 Å². The number of hydrazine groups is 1. The summed E-state index contributed by atoms with van der Waals surface area (Å²) in [5.74, 6) is -0.0874. The van der Waals surface area contributed by atoms with E-state index in [9.17, 15) is 14.0 Å². The summed E-state index contributed by atoms with van der Waals surface area (Å²) in [5.41, 5.74) is 7.66. The first-order valence-electron chi connectivity index (χ1n) is 10.7. The number of benzene rings is 1. The number of nitrogens with one attached hydrogen (secondary N) is 3. The summed E-state index contributed by atoms with van der Waals surface area (Å²) in [6.07, 6.45) is 7.03. The highest BCUT2D eigenvalue weighted by Gasteiger charge is 2.33. The van der Waals surface area contributed by atoms with Gasteiger partial charge in [-0.15, -0.1) is 0 Å². The summed E-state index contributed by atoms with van der Waals surface area (Å²) >= 11 is 0. The van der Waals surface area contributed by atoms with Gasteiger partial charge in [0.25, 0.3) is 0 Å². The zero-order chi connectivity index (χ0) is 20.8. The van der Waals surface area contributed by atoms with Crippen molar-refractivity contribution in [1.29, 1.82) is 0 Å². The average Bonchev–Trinajstić information content (AvgIpc) is 3.38. The van der Waals surface area contributed by atoms with Crippen LogP contribution < -0.4 is 16.2 Å². The van der Waals surface area contributed by atoms with Crippen molar-refractivity contribution in [1.82, 2.24) is 21.1 Å². The zero-order valence-corrected chi connectivity index (χ0v) is 17.4. The van der Waals surface area contributed by atoms with Crippen LogP contribution in [0, 0.1) is 11.7 Å². The number of nitrogens with zero attached hydrogens (tertiary/aromatic N) is 1. The lowest BCUT2D eigenvalue weighted by molar-refractivity contribution is -0.136. The van der Waals surface area contributed by atoms with Crippen LogP contribution in [-0.4, -0.2) is 42.4 Å². The summed E-state index contributed by atoms with van der Waals surface area (Å²) in [7, 11) is 1.83. The molecular weight excluding hydrogens is 371 g/mol. The molecule has 1 saturated heterocycles. The Morgan fingerprint density at radius 2 is 1.90 bits per heavy atom. The summed E-state index contributed by atoms with van der Waals surface area (Å²) in [5, 5.41) is 2.88. The van der Waals surface area contributed by atoms with Gasteiger partial charge in [0.1, 0.15) is 11.9 Å². The van der Waals surface area contributed by atoms with Gasteiger partial charge >= 0.3 is 0 Å². The molecule has 7 heteroatoms. The number of likely N-dealkylation sites (N-methyl/N-ethyl adjacent to an activating group) is 1. The molecule has 2 amide bonds. The number of hydrogen-bond acceptors (Lipinski definition) is 4. The second-order valence-corrected chi connectivity index (χ2v) is 8.45. The molecule has 0 aromatic heterocycles. The topological polar surface area (TPSA) is 73.5 Å². The van der Waals surface area contributed by atoms with Gasteiger partial charge < -0.3 is 10.2 Å². The molecule has 3 unspecified atom stereocenters. The molecule has 160 valence electrons. The first-order chi connectivity index (χ1) is 13.9. The number of rotatable bonds is 8. The van der Waals surface area contributed by atoms with Crippen molar-refractivity contribution in [2.24, 2.45) is 5.92 Å². The van der Waals surface area contributed by atoms with E-state index < -0.39 is 6.04 Å². The first-order valence-corrected chi connectivity index (χ1v) is 10.7. The van der Waals surface area contributed by atoms with Crippen molar-refractivity contribution in [3.63, 3.8) is 0 Å². The summed E-state index contributed by atoms with van der Waals surface area (Å²) < 4.78 is 13.1. The Hall–Kier alpha value is -1.99. The Kier molecular flexibility index (Phi) is 7.61. The van der Waals surface area contributed by atoms with Crippen molar-refractivity contribution in [2.75, 3.05) is 13.6 Å². The maximum atomic E-state index is 13.1. The van der Waals surface area contributed by atoms with Gasteiger partial charge in [-0.3, -0.25) is 20.4 Å². The van der Waals surface area contributed by atoms with Crippen molar-refractivity contribution in [2.45, 2.75) is 70.0 Å². The van der Waals surface area contributed by atoms with Crippen molar-refractivity contribution in [3.8, 4) is 0 Å². The number of carbonyl (C=O) groups excluding carboxylic acids is 2. The molecule has 0 spiro atoms. The van der Waals surface area contributed by atoms with Crippen LogP contribution in [0.15, 0.2) is 24.3 Å². The molecule has 1 aliphatic heterocycles. The Labute approximate surface area is 172 Å². The highest BCUT2D eigenvalue weighted by molar-refractivity contribution is 5.87. The summed E-state index contributed by atoms with van der Waals surface area (Å²) in [6.45, 7) is 2.15. The van der Waals surface area contributed by atoms with Gasteiger partial charge in [0.2, 0.25) is 11.8 Å². The lowest BCUT2D eigenvalue weighted by atomic mass is 9.96. The van der Waals surface area contributed by atoms with Crippen LogP contribution >= 0.6 is 0 Å². The first kappa shape index (κ1) is 21.7. The number of amides is 2. The maximum Gasteiger partial charge on any atom is 0.245 e. The van der Waals surface area contributed by atoms with Crippen LogP contribution in [0.2, 0.25) is 0 Å². The molecule has 1 aromatic rings. The second-order valence-electron chi connectivity index (χ2n) is 8.45. The fourth-order valence-corrected chi connectivity index (χ4v) is 4.54. The zero-order valence-electron chi connectivity index (χ0n) is 17.4. The highest BCUT2D eigenvalue weighted by Crippen LogP contribution is 2.29. The third-order valence-corrected chi connectivity index (χ3v) is 6.17. The molecule has 1 heterocycles. The number of hydrogen-bond donors (Lipinski definition) is 3. The van der Waals surface area contributed by atoms with Gasteiger partial charge in [-0.25, -0.2) is 4.39 Å². The molecule has 3 rings (SSSR count). The molecule has 2 fully saturated rings. The summed E-state index contributed by atoms with van der Waals surface area (Å²) in [4.78, 5) is 26.2. The minimum absolute atomic E-state index is 0.0220. The van der Waals surface area contributed by atoms with E-state index in [0.29, 0.717) is 12.6 Å². The molecule has 2 aliphatic rings. The molecule has 6 nitrogen and oxygen atoms in total. The SMILES string of the molecule is CC(=O)NC(C(=O)N(C)CCCC1CC(c2ccc(F)cc2)NN1)C1CCCC1. The summed E-state index contributed by atoms with van der Waals surface area (Å²) in [6, 6.07) is 6.69. The van der Waals surface area contributed by atoms with Gasteiger partial charge in [0.15, 0.2) is 0 Å². The van der Waals surface area contributed by atoms with Crippen LogP contribution in [0.4, 0.5) is 4.39 Å². The van der Waals surface area contributed by atoms with Crippen LogP contribution in [-0.2, 0) is 9.59 Å².